The Kier molecular flexibility index (Phi) is 3.54. The molecule has 2 fully saturated rings. The molecule has 5 heteroatoms. The zero-order valence-electron chi connectivity index (χ0n) is 12.3. The minimum atomic E-state index is 0.235. The molecule has 5 nitrogen and oxygen atoms in total. The third-order valence-electron chi connectivity index (χ3n) is 4.96. The Morgan fingerprint density at radius 3 is 2.85 bits per heavy atom. The standard InChI is InChI=1S/C15H23N3O2/c1-10-12(11(2)20-18-10)3-6-17-14(19)13-9-15(13)4-7-16-8-5-15/h13,16H,3-9H2,1-2H3,(H,17,19). The lowest BCUT2D eigenvalue weighted by Crippen LogP contribution is -2.34. The summed E-state index contributed by atoms with van der Waals surface area (Å²) in [6.07, 6.45) is 4.17. The molecule has 0 radical (unpaired) electrons. The van der Waals surface area contributed by atoms with Crippen LogP contribution in [-0.2, 0) is 11.2 Å². The van der Waals surface area contributed by atoms with Crippen LogP contribution in [0.1, 0.15) is 36.3 Å². The molecular formula is C15H23N3O2. The van der Waals surface area contributed by atoms with Crippen molar-refractivity contribution in [3.63, 3.8) is 0 Å². The van der Waals surface area contributed by atoms with Crippen molar-refractivity contribution < 1.29 is 9.32 Å². The fraction of sp³-hybridized carbons (Fsp3) is 0.733. The molecule has 1 aliphatic carbocycles. The van der Waals surface area contributed by atoms with E-state index in [1.807, 2.05) is 13.8 Å². The molecule has 1 unspecified atom stereocenters. The number of piperidine rings is 1. The lowest BCUT2D eigenvalue weighted by atomic mass is 9.92. The van der Waals surface area contributed by atoms with Crippen LogP contribution in [0.2, 0.25) is 0 Å². The van der Waals surface area contributed by atoms with E-state index in [0.29, 0.717) is 12.0 Å². The summed E-state index contributed by atoms with van der Waals surface area (Å²) in [6.45, 7) is 6.65. The molecule has 1 aromatic heterocycles. The van der Waals surface area contributed by atoms with Gasteiger partial charge in [-0.05, 0) is 58.0 Å². The highest BCUT2D eigenvalue weighted by Crippen LogP contribution is 2.58. The Hall–Kier alpha value is -1.36. The van der Waals surface area contributed by atoms with Crippen LogP contribution in [0.15, 0.2) is 4.52 Å². The van der Waals surface area contributed by atoms with Gasteiger partial charge in [-0.3, -0.25) is 4.79 Å². The molecule has 1 spiro atoms. The molecule has 3 rings (SSSR count). The van der Waals surface area contributed by atoms with Gasteiger partial charge in [0.2, 0.25) is 5.91 Å². The quantitative estimate of drug-likeness (QED) is 0.871. The van der Waals surface area contributed by atoms with Gasteiger partial charge in [0, 0.05) is 18.0 Å². The van der Waals surface area contributed by atoms with Gasteiger partial charge in [0.25, 0.3) is 0 Å². The normalized spacial score (nSPS) is 23.8. The second kappa shape index (κ2) is 5.20. The van der Waals surface area contributed by atoms with Crippen LogP contribution in [0.3, 0.4) is 0 Å². The zero-order chi connectivity index (χ0) is 14.2. The Bertz CT molecular complexity index is 484. The van der Waals surface area contributed by atoms with E-state index in [2.05, 4.69) is 15.8 Å². The van der Waals surface area contributed by atoms with Crippen molar-refractivity contribution in [2.75, 3.05) is 19.6 Å². The van der Waals surface area contributed by atoms with E-state index < -0.39 is 0 Å². The molecule has 110 valence electrons. The number of carbonyl (C=O) groups is 1. The maximum absolute atomic E-state index is 12.2. The van der Waals surface area contributed by atoms with Crippen LogP contribution in [0.25, 0.3) is 0 Å². The Morgan fingerprint density at radius 2 is 2.20 bits per heavy atom. The van der Waals surface area contributed by atoms with E-state index >= 15 is 0 Å². The predicted octanol–water partition coefficient (Wildman–Crippen LogP) is 1.34. The van der Waals surface area contributed by atoms with Crippen molar-refractivity contribution in [3.05, 3.63) is 17.0 Å². The molecule has 2 N–H and O–H groups in total. The molecule has 1 aliphatic heterocycles. The number of hydrogen-bond donors (Lipinski definition) is 2. The second-order valence-corrected chi connectivity index (χ2v) is 6.21. The van der Waals surface area contributed by atoms with Gasteiger partial charge in [0.05, 0.1) is 5.69 Å². The van der Waals surface area contributed by atoms with Crippen molar-refractivity contribution in [2.24, 2.45) is 11.3 Å². The van der Waals surface area contributed by atoms with Gasteiger partial charge >= 0.3 is 0 Å². The van der Waals surface area contributed by atoms with Crippen molar-refractivity contribution in [1.29, 1.82) is 0 Å². The van der Waals surface area contributed by atoms with E-state index in [1.165, 1.54) is 0 Å². The number of aryl methyl sites for hydroxylation is 2. The Morgan fingerprint density at radius 1 is 1.45 bits per heavy atom. The molecule has 20 heavy (non-hydrogen) atoms. The third-order valence-corrected chi connectivity index (χ3v) is 4.96. The van der Waals surface area contributed by atoms with Crippen molar-refractivity contribution >= 4 is 5.91 Å². The summed E-state index contributed by atoms with van der Waals surface area (Å²) in [5, 5.41) is 10.4. The van der Waals surface area contributed by atoms with Crippen LogP contribution in [0.5, 0.6) is 0 Å². The number of nitrogens with one attached hydrogen (secondary N) is 2. The molecule has 1 amide bonds. The van der Waals surface area contributed by atoms with Crippen molar-refractivity contribution in [3.8, 4) is 0 Å². The van der Waals surface area contributed by atoms with Crippen LogP contribution in [-0.4, -0.2) is 30.7 Å². The maximum atomic E-state index is 12.2. The van der Waals surface area contributed by atoms with Gasteiger partial charge in [-0.25, -0.2) is 0 Å². The van der Waals surface area contributed by atoms with Crippen LogP contribution < -0.4 is 10.6 Å². The van der Waals surface area contributed by atoms with Crippen LogP contribution in [0.4, 0.5) is 0 Å². The zero-order valence-corrected chi connectivity index (χ0v) is 12.3. The minimum Gasteiger partial charge on any atom is -0.361 e. The average molecular weight is 277 g/mol. The summed E-state index contributed by atoms with van der Waals surface area (Å²) in [5.74, 6) is 1.34. The first-order chi connectivity index (χ1) is 9.62. The molecule has 1 saturated heterocycles. The number of amides is 1. The van der Waals surface area contributed by atoms with E-state index in [1.54, 1.807) is 0 Å². The number of hydrogen-bond acceptors (Lipinski definition) is 4. The average Bonchev–Trinajstić information content (AvgIpc) is 3.04. The molecule has 2 heterocycles. The fourth-order valence-electron chi connectivity index (χ4n) is 3.49. The summed E-state index contributed by atoms with van der Waals surface area (Å²) in [7, 11) is 0. The maximum Gasteiger partial charge on any atom is 0.223 e. The van der Waals surface area contributed by atoms with E-state index in [4.69, 9.17) is 4.52 Å². The van der Waals surface area contributed by atoms with Crippen LogP contribution >= 0.6 is 0 Å². The molecule has 1 aromatic rings. The first-order valence-corrected chi connectivity index (χ1v) is 7.52. The van der Waals surface area contributed by atoms with Crippen molar-refractivity contribution in [1.82, 2.24) is 15.8 Å². The fourth-order valence-corrected chi connectivity index (χ4v) is 3.49. The molecule has 1 saturated carbocycles. The predicted molar refractivity (Wildman–Crippen MR) is 75.3 cm³/mol. The van der Waals surface area contributed by atoms with E-state index in [9.17, 15) is 4.79 Å². The highest BCUT2D eigenvalue weighted by atomic mass is 16.5. The minimum absolute atomic E-state index is 0.235. The molecule has 1 atom stereocenters. The highest BCUT2D eigenvalue weighted by Gasteiger charge is 2.57. The molecule has 0 aromatic carbocycles. The lowest BCUT2D eigenvalue weighted by Gasteiger charge is -2.23. The summed E-state index contributed by atoms with van der Waals surface area (Å²) < 4.78 is 5.13. The van der Waals surface area contributed by atoms with Gasteiger partial charge < -0.3 is 15.2 Å². The largest absolute Gasteiger partial charge is 0.361 e. The van der Waals surface area contributed by atoms with Crippen LogP contribution in [0, 0.1) is 25.2 Å². The number of carbonyl (C=O) groups excluding carboxylic acids is 1. The van der Waals surface area contributed by atoms with Gasteiger partial charge in [0.1, 0.15) is 5.76 Å². The number of aromatic nitrogens is 1. The first kappa shape index (κ1) is 13.6. The van der Waals surface area contributed by atoms with Gasteiger partial charge in [0.15, 0.2) is 0 Å². The smallest absolute Gasteiger partial charge is 0.223 e. The third kappa shape index (κ3) is 2.46. The van der Waals surface area contributed by atoms with Gasteiger partial charge in [-0.1, -0.05) is 5.16 Å². The van der Waals surface area contributed by atoms with Gasteiger partial charge in [-0.15, -0.1) is 0 Å². The van der Waals surface area contributed by atoms with E-state index in [-0.39, 0.29) is 11.8 Å². The first-order valence-electron chi connectivity index (χ1n) is 7.52. The van der Waals surface area contributed by atoms with Crippen molar-refractivity contribution in [2.45, 2.75) is 39.5 Å². The monoisotopic (exact) mass is 277 g/mol. The number of nitrogens with zero attached hydrogens (tertiary/aromatic N) is 1. The lowest BCUT2D eigenvalue weighted by molar-refractivity contribution is -0.123. The summed E-state index contributed by atoms with van der Waals surface area (Å²) >= 11 is 0. The Balaban J connectivity index is 1.47. The highest BCUT2D eigenvalue weighted by molar-refractivity contribution is 5.82. The molecule has 0 bridgehead atoms. The summed E-state index contributed by atoms with van der Waals surface area (Å²) in [6, 6.07) is 0. The summed E-state index contributed by atoms with van der Waals surface area (Å²) in [5.41, 5.74) is 2.37. The summed E-state index contributed by atoms with van der Waals surface area (Å²) in [4.78, 5) is 12.2. The van der Waals surface area contributed by atoms with Gasteiger partial charge in [-0.2, -0.15) is 0 Å². The second-order valence-electron chi connectivity index (χ2n) is 6.21. The topological polar surface area (TPSA) is 67.2 Å². The number of rotatable bonds is 4. The SMILES string of the molecule is Cc1noc(C)c1CCNC(=O)C1CC12CCNCC2. The molecular weight excluding hydrogens is 254 g/mol. The molecule has 2 aliphatic rings. The van der Waals surface area contributed by atoms with E-state index in [0.717, 1.165) is 55.8 Å². The Labute approximate surface area is 119 Å².